The van der Waals surface area contributed by atoms with Crippen molar-refractivity contribution in [3.05, 3.63) is 25.3 Å². The third-order valence-electron chi connectivity index (χ3n) is 2.13. The second-order valence-electron chi connectivity index (χ2n) is 3.42. The molecule has 1 saturated carbocycles. The van der Waals surface area contributed by atoms with Crippen molar-refractivity contribution in [2.75, 3.05) is 0 Å². The van der Waals surface area contributed by atoms with Crippen LogP contribution in [0.25, 0.3) is 6.20 Å². The number of nitrogens with zero attached hydrogens (tertiary/aromatic N) is 2. The summed E-state index contributed by atoms with van der Waals surface area (Å²) in [5, 5.41) is 0. The molecule has 2 rings (SSSR count). The zero-order valence-corrected chi connectivity index (χ0v) is 8.32. The Morgan fingerprint density at radius 3 is 2.62 bits per heavy atom. The lowest BCUT2D eigenvalue weighted by atomic mass is 10.2. The Morgan fingerprint density at radius 1 is 1.62 bits per heavy atom. The van der Waals surface area contributed by atoms with Crippen molar-refractivity contribution in [2.24, 2.45) is 5.92 Å². The maximum atomic E-state index is 3.78. The minimum Gasteiger partial charge on any atom is -0.314 e. The zero-order chi connectivity index (χ0) is 9.52. The van der Waals surface area contributed by atoms with Gasteiger partial charge < -0.3 is 4.57 Å². The predicted molar refractivity (Wildman–Crippen MR) is 56.2 cm³/mol. The van der Waals surface area contributed by atoms with Crippen LogP contribution in [0, 0.1) is 5.92 Å². The molecule has 1 fully saturated rings. The molecule has 0 atom stereocenters. The summed E-state index contributed by atoms with van der Waals surface area (Å²) < 4.78 is 1.78. The van der Waals surface area contributed by atoms with Gasteiger partial charge in [0, 0.05) is 18.6 Å². The smallest absolute Gasteiger partial charge is 0.0986 e. The summed E-state index contributed by atoms with van der Waals surface area (Å²) in [4.78, 5) is 3.78. The molecule has 1 heterocycles. The van der Waals surface area contributed by atoms with Gasteiger partial charge in [0.2, 0.25) is 0 Å². The van der Waals surface area contributed by atoms with E-state index in [1.54, 1.807) is 23.3 Å². The molecule has 1 aromatic rings. The van der Waals surface area contributed by atoms with Crippen LogP contribution in [0.3, 0.4) is 0 Å². The summed E-state index contributed by atoms with van der Waals surface area (Å²) in [6, 6.07) is 0. The van der Waals surface area contributed by atoms with Gasteiger partial charge in [0.1, 0.15) is 0 Å². The normalized spacial score (nSPS) is 14.5. The topological polar surface area (TPSA) is 17.8 Å². The fourth-order valence-corrected chi connectivity index (χ4v) is 1.19. The van der Waals surface area contributed by atoms with E-state index in [0.717, 1.165) is 5.92 Å². The number of aromatic nitrogens is 2. The molecule has 0 unspecified atom stereocenters. The quantitative estimate of drug-likeness (QED) is 0.695. The van der Waals surface area contributed by atoms with Crippen molar-refractivity contribution >= 4 is 6.20 Å². The summed E-state index contributed by atoms with van der Waals surface area (Å²) in [6.07, 6.45) is 12.8. The minimum absolute atomic E-state index is 1.15. The van der Waals surface area contributed by atoms with E-state index < -0.39 is 0 Å². The first kappa shape index (κ1) is 10.0. The number of rotatable bonds is 3. The van der Waals surface area contributed by atoms with Crippen molar-refractivity contribution < 1.29 is 0 Å². The van der Waals surface area contributed by atoms with Gasteiger partial charge in [-0.25, -0.2) is 4.98 Å². The Labute approximate surface area is 80.3 Å². The van der Waals surface area contributed by atoms with E-state index in [1.165, 1.54) is 25.7 Å². The molecule has 72 valence electrons. The second kappa shape index (κ2) is 5.57. The lowest BCUT2D eigenvalue weighted by Gasteiger charge is -1.82. The number of imidazole rings is 1. The monoisotopic (exact) mass is 178 g/mol. The van der Waals surface area contributed by atoms with Crippen LogP contribution in [0.15, 0.2) is 25.3 Å². The molecule has 13 heavy (non-hydrogen) atoms. The van der Waals surface area contributed by atoms with Gasteiger partial charge in [-0.05, 0) is 5.92 Å². The Bertz CT molecular complexity index is 222. The van der Waals surface area contributed by atoms with Crippen LogP contribution in [0.1, 0.15) is 32.6 Å². The standard InChI is InChI=1S/C6H12.C5H6N2/c1-2-3-6-4-5-6;1-2-7-4-3-6-5-7/h6H,2-5H2,1H3;2-5H,1H2. The summed E-state index contributed by atoms with van der Waals surface area (Å²) in [5.41, 5.74) is 0. The molecule has 0 aliphatic heterocycles. The largest absolute Gasteiger partial charge is 0.314 e. The molecule has 1 aromatic heterocycles. The van der Waals surface area contributed by atoms with Crippen molar-refractivity contribution in [1.82, 2.24) is 9.55 Å². The third kappa shape index (κ3) is 4.51. The van der Waals surface area contributed by atoms with Crippen LogP contribution in [0.4, 0.5) is 0 Å². The van der Waals surface area contributed by atoms with Gasteiger partial charge >= 0.3 is 0 Å². The lowest BCUT2D eigenvalue weighted by Crippen LogP contribution is -1.73. The maximum Gasteiger partial charge on any atom is 0.0986 e. The Morgan fingerprint density at radius 2 is 2.38 bits per heavy atom. The zero-order valence-electron chi connectivity index (χ0n) is 8.32. The van der Waals surface area contributed by atoms with E-state index in [1.807, 2.05) is 6.20 Å². The molecule has 0 radical (unpaired) electrons. The van der Waals surface area contributed by atoms with Crippen LogP contribution in [0.2, 0.25) is 0 Å². The average molecular weight is 178 g/mol. The first-order chi connectivity index (χ1) is 6.36. The van der Waals surface area contributed by atoms with Crippen LogP contribution < -0.4 is 0 Å². The Kier molecular flexibility index (Phi) is 4.30. The molecule has 1 aliphatic carbocycles. The van der Waals surface area contributed by atoms with Crippen LogP contribution in [-0.2, 0) is 0 Å². The summed E-state index contributed by atoms with van der Waals surface area (Å²) in [7, 11) is 0. The van der Waals surface area contributed by atoms with Gasteiger partial charge in [0.25, 0.3) is 0 Å². The predicted octanol–water partition coefficient (Wildman–Crippen LogP) is 3.18. The van der Waals surface area contributed by atoms with Crippen molar-refractivity contribution in [3.8, 4) is 0 Å². The maximum absolute atomic E-state index is 3.78. The SMILES string of the molecule is C=Cn1ccnc1.CCCC1CC1. The summed E-state index contributed by atoms with van der Waals surface area (Å²) in [6.45, 7) is 5.79. The molecule has 0 amide bonds. The summed E-state index contributed by atoms with van der Waals surface area (Å²) >= 11 is 0. The van der Waals surface area contributed by atoms with E-state index >= 15 is 0 Å². The first-order valence-corrected chi connectivity index (χ1v) is 4.96. The van der Waals surface area contributed by atoms with Gasteiger partial charge in [0.15, 0.2) is 0 Å². The fraction of sp³-hybridized carbons (Fsp3) is 0.545. The van der Waals surface area contributed by atoms with E-state index in [2.05, 4.69) is 18.5 Å². The lowest BCUT2D eigenvalue weighted by molar-refractivity contribution is 0.708. The first-order valence-electron chi connectivity index (χ1n) is 4.96. The van der Waals surface area contributed by atoms with Crippen LogP contribution in [0.5, 0.6) is 0 Å². The molecular formula is C11H18N2. The highest BCUT2D eigenvalue weighted by Crippen LogP contribution is 2.32. The molecule has 0 bridgehead atoms. The minimum atomic E-state index is 1.15. The number of hydrogen-bond acceptors (Lipinski definition) is 1. The van der Waals surface area contributed by atoms with E-state index in [4.69, 9.17) is 0 Å². The molecular weight excluding hydrogens is 160 g/mol. The molecule has 0 spiro atoms. The van der Waals surface area contributed by atoms with Crippen molar-refractivity contribution in [3.63, 3.8) is 0 Å². The van der Waals surface area contributed by atoms with Crippen LogP contribution >= 0.6 is 0 Å². The van der Waals surface area contributed by atoms with Crippen LogP contribution in [-0.4, -0.2) is 9.55 Å². The fourth-order valence-electron chi connectivity index (χ4n) is 1.19. The second-order valence-corrected chi connectivity index (χ2v) is 3.42. The van der Waals surface area contributed by atoms with Gasteiger partial charge in [-0.15, -0.1) is 0 Å². The van der Waals surface area contributed by atoms with E-state index in [-0.39, 0.29) is 0 Å². The molecule has 2 nitrogen and oxygen atoms in total. The highest BCUT2D eigenvalue weighted by Gasteiger charge is 2.18. The molecule has 1 aliphatic rings. The van der Waals surface area contributed by atoms with E-state index in [9.17, 15) is 0 Å². The molecule has 2 heteroatoms. The van der Waals surface area contributed by atoms with Crippen molar-refractivity contribution in [1.29, 1.82) is 0 Å². The summed E-state index contributed by atoms with van der Waals surface area (Å²) in [5.74, 6) is 1.15. The Balaban J connectivity index is 0.000000132. The highest BCUT2D eigenvalue weighted by molar-refractivity contribution is 5.14. The average Bonchev–Trinajstić information content (AvgIpc) is 2.83. The van der Waals surface area contributed by atoms with Gasteiger partial charge in [-0.2, -0.15) is 0 Å². The number of hydrogen-bond donors (Lipinski definition) is 0. The highest BCUT2D eigenvalue weighted by atomic mass is 15.0. The van der Waals surface area contributed by atoms with Gasteiger partial charge in [-0.1, -0.05) is 39.2 Å². The Hall–Kier alpha value is -1.05. The molecule has 0 aromatic carbocycles. The molecule has 0 N–H and O–H groups in total. The third-order valence-corrected chi connectivity index (χ3v) is 2.13. The van der Waals surface area contributed by atoms with Gasteiger partial charge in [-0.3, -0.25) is 0 Å². The van der Waals surface area contributed by atoms with Gasteiger partial charge in [0.05, 0.1) is 6.33 Å². The van der Waals surface area contributed by atoms with Crippen molar-refractivity contribution in [2.45, 2.75) is 32.6 Å². The molecule has 0 saturated heterocycles. The van der Waals surface area contributed by atoms with E-state index in [0.29, 0.717) is 0 Å².